The lowest BCUT2D eigenvalue weighted by Crippen LogP contribution is -2.50. The van der Waals surface area contributed by atoms with Crippen molar-refractivity contribution in [2.45, 2.75) is 199 Å². The number of aliphatic carboxylic acids is 1. The lowest BCUT2D eigenvalue weighted by atomic mass is 10.0. The van der Waals surface area contributed by atoms with Crippen molar-refractivity contribution in [2.75, 3.05) is 41.0 Å². The molecule has 0 rings (SSSR count). The van der Waals surface area contributed by atoms with E-state index >= 15 is 0 Å². The van der Waals surface area contributed by atoms with Crippen LogP contribution >= 0.6 is 0 Å². The second kappa shape index (κ2) is 39.1. The van der Waals surface area contributed by atoms with E-state index < -0.39 is 24.1 Å². The van der Waals surface area contributed by atoms with E-state index in [0.29, 0.717) is 12.8 Å². The molecule has 2 unspecified atom stereocenters. The molecule has 0 spiro atoms. The number of carboxylic acid groups (broad SMARTS) is 1. The van der Waals surface area contributed by atoms with Gasteiger partial charge in [-0.1, -0.05) is 165 Å². The van der Waals surface area contributed by atoms with Crippen LogP contribution in [0.5, 0.6) is 0 Å². The van der Waals surface area contributed by atoms with Crippen LogP contribution in [0.25, 0.3) is 0 Å². The number of carboxylic acids is 1. The normalized spacial score (nSPS) is 13.4. The van der Waals surface area contributed by atoms with Crippen LogP contribution in [-0.4, -0.2) is 80.6 Å². The van der Waals surface area contributed by atoms with Crippen molar-refractivity contribution in [1.29, 1.82) is 0 Å². The van der Waals surface area contributed by atoms with Gasteiger partial charge in [-0.2, -0.15) is 0 Å². The van der Waals surface area contributed by atoms with Crippen LogP contribution in [-0.2, 0) is 28.6 Å². The van der Waals surface area contributed by atoms with Crippen molar-refractivity contribution in [3.05, 3.63) is 48.6 Å². The van der Waals surface area contributed by atoms with Gasteiger partial charge in [0.1, 0.15) is 6.61 Å². The molecule has 0 aromatic heterocycles. The zero-order valence-corrected chi connectivity index (χ0v) is 36.8. The number of carbonyl (C=O) groups excluding carboxylic acids is 2. The number of likely N-dealkylation sites (N-methyl/N-ethyl adjacent to an activating group) is 1. The van der Waals surface area contributed by atoms with Gasteiger partial charge in [0.25, 0.3) is 0 Å². The fraction of sp³-hybridized carbons (Fsp3) is 0.771. The Morgan fingerprint density at radius 3 is 1.55 bits per heavy atom. The summed E-state index contributed by atoms with van der Waals surface area (Å²) in [5.41, 5.74) is 0. The molecule has 0 aromatic carbocycles. The van der Waals surface area contributed by atoms with Crippen molar-refractivity contribution in [3.8, 4) is 0 Å². The number of esters is 2. The van der Waals surface area contributed by atoms with Gasteiger partial charge >= 0.3 is 17.9 Å². The Hall–Kier alpha value is -2.71. The van der Waals surface area contributed by atoms with E-state index in [9.17, 15) is 19.5 Å². The highest BCUT2D eigenvalue weighted by molar-refractivity contribution is 5.72. The van der Waals surface area contributed by atoms with Crippen molar-refractivity contribution >= 4 is 17.9 Å². The molecule has 0 bridgehead atoms. The third-order valence-electron chi connectivity index (χ3n) is 10.00. The number of hydrogen-bond donors (Lipinski definition) is 1. The quantitative estimate of drug-likeness (QED) is 0.0286. The van der Waals surface area contributed by atoms with Gasteiger partial charge in [-0.3, -0.25) is 9.59 Å². The Balaban J connectivity index is 4.19. The Morgan fingerprint density at radius 2 is 1.05 bits per heavy atom. The maximum atomic E-state index is 12.6. The monoisotopic (exact) mass is 789 g/mol. The molecule has 0 saturated heterocycles. The summed E-state index contributed by atoms with van der Waals surface area (Å²) >= 11 is 0. The fourth-order valence-corrected chi connectivity index (χ4v) is 6.50. The smallest absolute Gasteiger partial charge is 0.362 e. The first-order chi connectivity index (χ1) is 27.1. The maximum absolute atomic E-state index is 12.6. The summed E-state index contributed by atoms with van der Waals surface area (Å²) in [4.78, 5) is 36.8. The Kier molecular flexibility index (Phi) is 37.2. The molecule has 0 fully saturated rings. The van der Waals surface area contributed by atoms with Gasteiger partial charge < -0.3 is 23.8 Å². The van der Waals surface area contributed by atoms with Gasteiger partial charge in [0.05, 0.1) is 40.8 Å². The third kappa shape index (κ3) is 36.9. The van der Waals surface area contributed by atoms with E-state index in [2.05, 4.69) is 50.3 Å². The van der Waals surface area contributed by atoms with Crippen molar-refractivity contribution in [2.24, 2.45) is 0 Å². The summed E-state index contributed by atoms with van der Waals surface area (Å²) in [6.07, 6.45) is 46.5. The van der Waals surface area contributed by atoms with E-state index in [1.165, 1.54) is 116 Å². The van der Waals surface area contributed by atoms with Gasteiger partial charge in [-0.25, -0.2) is 4.79 Å². The Labute approximate surface area is 344 Å². The molecule has 0 aliphatic rings. The summed E-state index contributed by atoms with van der Waals surface area (Å²) in [5.74, 6) is -1.63. The van der Waals surface area contributed by atoms with Gasteiger partial charge in [0.15, 0.2) is 12.1 Å². The topological polar surface area (TPSA) is 99.1 Å². The van der Waals surface area contributed by atoms with Crippen LogP contribution in [0.3, 0.4) is 0 Å². The molecule has 1 N–H and O–H groups in total. The van der Waals surface area contributed by atoms with E-state index in [4.69, 9.17) is 14.2 Å². The minimum Gasteiger partial charge on any atom is -0.477 e. The van der Waals surface area contributed by atoms with E-state index in [-0.39, 0.29) is 36.7 Å². The van der Waals surface area contributed by atoms with E-state index in [1.54, 1.807) is 6.08 Å². The van der Waals surface area contributed by atoms with Crippen LogP contribution < -0.4 is 0 Å². The SMILES string of the molecule is CC/C=C/C/C=C/C/C=C/CC(=O)OC(COCCC(C(=O)O)[N+](C)(C)C)COC(=O)CCCCCCCCC/C=C/CCCCCCCCCCCCCC. The Morgan fingerprint density at radius 1 is 0.571 bits per heavy atom. The first-order valence-electron chi connectivity index (χ1n) is 22.7. The number of ether oxygens (including phenoxy) is 3. The van der Waals surface area contributed by atoms with E-state index in [1.807, 2.05) is 27.2 Å². The first kappa shape index (κ1) is 53.3. The number of quaternary nitrogens is 1. The van der Waals surface area contributed by atoms with Crippen LogP contribution in [0.15, 0.2) is 48.6 Å². The molecule has 0 aromatic rings. The van der Waals surface area contributed by atoms with Gasteiger partial charge in [-0.15, -0.1) is 0 Å². The number of allylic oxidation sites excluding steroid dienone is 7. The molecule has 0 amide bonds. The second-order valence-corrected chi connectivity index (χ2v) is 16.3. The summed E-state index contributed by atoms with van der Waals surface area (Å²) in [6.45, 7) is 4.50. The highest BCUT2D eigenvalue weighted by Crippen LogP contribution is 2.14. The highest BCUT2D eigenvalue weighted by Gasteiger charge is 2.31. The summed E-state index contributed by atoms with van der Waals surface area (Å²) in [7, 11) is 5.49. The van der Waals surface area contributed by atoms with Crippen molar-refractivity contribution < 1.29 is 38.2 Å². The van der Waals surface area contributed by atoms with Crippen molar-refractivity contribution in [1.82, 2.24) is 0 Å². The fourth-order valence-electron chi connectivity index (χ4n) is 6.50. The predicted molar refractivity (Wildman–Crippen MR) is 234 cm³/mol. The number of hydrogen-bond acceptors (Lipinski definition) is 6. The molecule has 0 radical (unpaired) electrons. The largest absolute Gasteiger partial charge is 0.477 e. The zero-order chi connectivity index (χ0) is 41.4. The summed E-state index contributed by atoms with van der Waals surface area (Å²) in [6, 6.07) is -0.628. The lowest BCUT2D eigenvalue weighted by molar-refractivity contribution is -0.887. The second-order valence-electron chi connectivity index (χ2n) is 16.3. The molecular weight excluding hydrogens is 703 g/mol. The Bertz CT molecular complexity index is 1060. The van der Waals surface area contributed by atoms with Crippen LogP contribution in [0, 0.1) is 0 Å². The molecule has 324 valence electrons. The average Bonchev–Trinajstić information content (AvgIpc) is 3.15. The molecular formula is C48H86NO7+. The predicted octanol–water partition coefficient (Wildman–Crippen LogP) is 12.4. The molecule has 56 heavy (non-hydrogen) atoms. The molecule has 8 heteroatoms. The molecule has 0 aliphatic heterocycles. The zero-order valence-electron chi connectivity index (χ0n) is 36.8. The standard InChI is InChI=1S/C48H85NO7/c1-6-8-10-12-14-16-17-18-19-20-21-22-23-24-25-26-27-28-29-31-32-34-36-38-46(50)55-43-44(42-54-41-40-45(48(52)53)49(3,4)5)56-47(51)39-37-35-33-30-15-13-11-9-7-2/h9,11,15,24-25,30,35,37,44-45H,6-8,10,12-14,16-23,26-29,31-34,36,38-43H2,1-5H3/p+1/b11-9+,25-24+,30-15+,37-35+. The van der Waals surface area contributed by atoms with Crippen molar-refractivity contribution in [3.63, 3.8) is 0 Å². The molecule has 0 aliphatic carbocycles. The summed E-state index contributed by atoms with van der Waals surface area (Å²) < 4.78 is 17.1. The minimum absolute atomic E-state index is 0.0233. The number of unbranched alkanes of at least 4 members (excludes halogenated alkanes) is 19. The number of rotatable bonds is 40. The minimum atomic E-state index is -0.889. The lowest BCUT2D eigenvalue weighted by Gasteiger charge is -2.31. The van der Waals surface area contributed by atoms with Gasteiger partial charge in [-0.05, 0) is 51.4 Å². The molecule has 8 nitrogen and oxygen atoms in total. The van der Waals surface area contributed by atoms with E-state index in [0.717, 1.165) is 38.5 Å². The highest BCUT2D eigenvalue weighted by atomic mass is 16.6. The van der Waals surface area contributed by atoms with Crippen LogP contribution in [0.2, 0.25) is 0 Å². The number of nitrogens with zero attached hydrogens (tertiary/aromatic N) is 1. The average molecular weight is 789 g/mol. The van der Waals surface area contributed by atoms with Gasteiger partial charge in [0.2, 0.25) is 0 Å². The van der Waals surface area contributed by atoms with Crippen LogP contribution in [0.4, 0.5) is 0 Å². The summed E-state index contributed by atoms with van der Waals surface area (Å²) in [5, 5.41) is 9.59. The maximum Gasteiger partial charge on any atom is 0.362 e. The molecule has 0 heterocycles. The third-order valence-corrected chi connectivity index (χ3v) is 10.00. The van der Waals surface area contributed by atoms with Crippen LogP contribution in [0.1, 0.15) is 187 Å². The number of carbonyl (C=O) groups is 3. The molecule has 2 atom stereocenters. The molecule has 0 saturated carbocycles. The first-order valence-corrected chi connectivity index (χ1v) is 22.7. The van der Waals surface area contributed by atoms with Gasteiger partial charge in [0, 0.05) is 12.8 Å².